The zero-order valence-electron chi connectivity index (χ0n) is 14.8. The zero-order chi connectivity index (χ0) is 17.8. The Morgan fingerprint density at radius 1 is 1.25 bits per heavy atom. The summed E-state index contributed by atoms with van der Waals surface area (Å²) in [5.41, 5.74) is 1.13. The highest BCUT2D eigenvalue weighted by Crippen LogP contribution is 2.11. The molecule has 4 heteroatoms. The van der Waals surface area contributed by atoms with E-state index in [0.717, 1.165) is 5.56 Å². The molecule has 0 bridgehead atoms. The van der Waals surface area contributed by atoms with E-state index >= 15 is 0 Å². The molecular formula is C20H28O4. The Morgan fingerprint density at radius 3 is 2.58 bits per heavy atom. The summed E-state index contributed by atoms with van der Waals surface area (Å²) in [6.07, 6.45) is 4.84. The van der Waals surface area contributed by atoms with E-state index in [9.17, 15) is 4.79 Å². The van der Waals surface area contributed by atoms with E-state index in [2.05, 4.69) is 6.58 Å². The molecule has 0 amide bonds. The molecule has 132 valence electrons. The van der Waals surface area contributed by atoms with Crippen molar-refractivity contribution in [2.45, 2.75) is 39.6 Å². The highest BCUT2D eigenvalue weighted by Gasteiger charge is 2.17. The van der Waals surface area contributed by atoms with Crippen molar-refractivity contribution in [1.29, 1.82) is 0 Å². The van der Waals surface area contributed by atoms with Crippen LogP contribution in [0.4, 0.5) is 0 Å². The Morgan fingerprint density at radius 2 is 1.96 bits per heavy atom. The SMILES string of the molecule is C=C[C@H](OCC(=O)O[C@@H](C)/C=C/C)[C@H](C)COCc1ccccc1. The fraction of sp³-hybridized carbons (Fsp3) is 0.450. The largest absolute Gasteiger partial charge is 0.457 e. The van der Waals surface area contributed by atoms with Crippen molar-refractivity contribution in [2.75, 3.05) is 13.2 Å². The zero-order valence-corrected chi connectivity index (χ0v) is 14.8. The third-order valence-electron chi connectivity index (χ3n) is 3.46. The van der Waals surface area contributed by atoms with Crippen LogP contribution in [0.15, 0.2) is 55.1 Å². The molecule has 0 saturated carbocycles. The summed E-state index contributed by atoms with van der Waals surface area (Å²) >= 11 is 0. The Hall–Kier alpha value is -1.91. The predicted molar refractivity (Wildman–Crippen MR) is 95.6 cm³/mol. The van der Waals surface area contributed by atoms with Gasteiger partial charge in [0.05, 0.1) is 19.3 Å². The van der Waals surface area contributed by atoms with Gasteiger partial charge in [0.2, 0.25) is 0 Å². The van der Waals surface area contributed by atoms with Gasteiger partial charge >= 0.3 is 5.97 Å². The minimum Gasteiger partial charge on any atom is -0.457 e. The first kappa shape index (κ1) is 20.1. The lowest BCUT2D eigenvalue weighted by molar-refractivity contribution is -0.153. The molecule has 0 spiro atoms. The van der Waals surface area contributed by atoms with Crippen molar-refractivity contribution in [2.24, 2.45) is 5.92 Å². The van der Waals surface area contributed by atoms with Crippen molar-refractivity contribution in [1.82, 2.24) is 0 Å². The molecule has 3 atom stereocenters. The van der Waals surface area contributed by atoms with Crippen molar-refractivity contribution in [3.05, 3.63) is 60.7 Å². The normalized spacial score (nSPS) is 15.0. The van der Waals surface area contributed by atoms with Crippen LogP contribution >= 0.6 is 0 Å². The smallest absolute Gasteiger partial charge is 0.332 e. The maximum Gasteiger partial charge on any atom is 0.332 e. The van der Waals surface area contributed by atoms with Crippen LogP contribution in [-0.2, 0) is 25.6 Å². The van der Waals surface area contributed by atoms with Gasteiger partial charge in [-0.15, -0.1) is 6.58 Å². The van der Waals surface area contributed by atoms with E-state index < -0.39 is 0 Å². The van der Waals surface area contributed by atoms with Gasteiger partial charge in [0.25, 0.3) is 0 Å². The van der Waals surface area contributed by atoms with Crippen LogP contribution in [0, 0.1) is 5.92 Å². The molecule has 1 aromatic carbocycles. The maximum absolute atomic E-state index is 11.7. The van der Waals surface area contributed by atoms with Crippen LogP contribution in [0.25, 0.3) is 0 Å². The third kappa shape index (κ3) is 8.09. The van der Waals surface area contributed by atoms with Gasteiger partial charge in [0.15, 0.2) is 0 Å². The first-order valence-corrected chi connectivity index (χ1v) is 8.25. The van der Waals surface area contributed by atoms with Crippen LogP contribution in [0.1, 0.15) is 26.3 Å². The van der Waals surface area contributed by atoms with Gasteiger partial charge in [-0.05, 0) is 25.5 Å². The van der Waals surface area contributed by atoms with Crippen molar-refractivity contribution in [3.63, 3.8) is 0 Å². The number of hydrogen-bond donors (Lipinski definition) is 0. The van der Waals surface area contributed by atoms with Crippen molar-refractivity contribution in [3.8, 4) is 0 Å². The third-order valence-corrected chi connectivity index (χ3v) is 3.46. The van der Waals surface area contributed by atoms with Crippen LogP contribution < -0.4 is 0 Å². The van der Waals surface area contributed by atoms with Crippen LogP contribution in [0.5, 0.6) is 0 Å². The number of rotatable bonds is 11. The lowest BCUT2D eigenvalue weighted by Gasteiger charge is -2.21. The molecule has 0 radical (unpaired) electrons. The molecule has 1 rings (SSSR count). The highest BCUT2D eigenvalue weighted by atomic mass is 16.6. The van der Waals surface area contributed by atoms with Gasteiger partial charge in [0.1, 0.15) is 12.7 Å². The molecule has 0 aliphatic carbocycles. The molecule has 0 unspecified atom stereocenters. The van der Waals surface area contributed by atoms with Gasteiger partial charge < -0.3 is 14.2 Å². The molecular weight excluding hydrogens is 304 g/mol. The van der Waals surface area contributed by atoms with E-state index in [4.69, 9.17) is 14.2 Å². The van der Waals surface area contributed by atoms with E-state index in [1.165, 1.54) is 0 Å². The average molecular weight is 332 g/mol. The number of carbonyl (C=O) groups excluding carboxylic acids is 1. The van der Waals surface area contributed by atoms with E-state index in [1.807, 2.05) is 63.3 Å². The number of carbonyl (C=O) groups is 1. The number of hydrogen-bond acceptors (Lipinski definition) is 4. The molecule has 0 fully saturated rings. The second-order valence-corrected chi connectivity index (χ2v) is 5.71. The van der Waals surface area contributed by atoms with Crippen LogP contribution in [0.3, 0.4) is 0 Å². The number of esters is 1. The first-order chi connectivity index (χ1) is 11.6. The molecule has 24 heavy (non-hydrogen) atoms. The molecule has 4 nitrogen and oxygen atoms in total. The highest BCUT2D eigenvalue weighted by molar-refractivity contribution is 5.71. The minimum absolute atomic E-state index is 0.0898. The number of allylic oxidation sites excluding steroid dienone is 1. The van der Waals surface area contributed by atoms with Gasteiger partial charge in [-0.25, -0.2) is 4.79 Å². The molecule has 0 aliphatic heterocycles. The maximum atomic E-state index is 11.7. The summed E-state index contributed by atoms with van der Waals surface area (Å²) in [7, 11) is 0. The average Bonchev–Trinajstić information content (AvgIpc) is 2.56. The van der Waals surface area contributed by atoms with Crippen molar-refractivity contribution < 1.29 is 19.0 Å². The number of benzene rings is 1. The Balaban J connectivity index is 2.31. The summed E-state index contributed by atoms with van der Waals surface area (Å²) < 4.78 is 16.5. The van der Waals surface area contributed by atoms with Gasteiger partial charge in [-0.2, -0.15) is 0 Å². The lowest BCUT2D eigenvalue weighted by atomic mass is 10.1. The second kappa shape index (κ2) is 11.6. The van der Waals surface area contributed by atoms with Gasteiger partial charge in [-0.1, -0.05) is 49.4 Å². The Kier molecular flexibility index (Phi) is 9.73. The topological polar surface area (TPSA) is 44.8 Å². The summed E-state index contributed by atoms with van der Waals surface area (Å²) in [4.78, 5) is 11.7. The van der Waals surface area contributed by atoms with Crippen LogP contribution in [0.2, 0.25) is 0 Å². The minimum atomic E-state index is -0.384. The molecule has 0 N–H and O–H groups in total. The van der Waals surface area contributed by atoms with Crippen LogP contribution in [-0.4, -0.2) is 31.4 Å². The molecule has 0 aromatic heterocycles. The molecule has 1 aromatic rings. The fourth-order valence-corrected chi connectivity index (χ4v) is 2.21. The molecule has 0 heterocycles. The quantitative estimate of drug-likeness (QED) is 0.455. The summed E-state index contributed by atoms with van der Waals surface area (Å²) in [5, 5.41) is 0. The summed E-state index contributed by atoms with van der Waals surface area (Å²) in [6, 6.07) is 9.99. The molecule has 0 saturated heterocycles. The van der Waals surface area contributed by atoms with E-state index in [-0.39, 0.29) is 30.7 Å². The Bertz CT molecular complexity index is 510. The first-order valence-electron chi connectivity index (χ1n) is 8.25. The van der Waals surface area contributed by atoms with Gasteiger partial charge in [0, 0.05) is 5.92 Å². The summed E-state index contributed by atoms with van der Waals surface area (Å²) in [6.45, 7) is 10.4. The standard InChI is InChI=1S/C20H28O4/c1-5-10-17(4)24-20(21)15-23-19(6-2)16(3)13-22-14-18-11-8-7-9-12-18/h5-12,16-17,19H,2,13-15H2,1,3-4H3/b10-5+/t16-,17+,19+/m1/s1. The molecule has 0 aliphatic rings. The second-order valence-electron chi connectivity index (χ2n) is 5.71. The monoisotopic (exact) mass is 332 g/mol. The lowest BCUT2D eigenvalue weighted by Crippen LogP contribution is -2.27. The van der Waals surface area contributed by atoms with Gasteiger partial charge in [-0.3, -0.25) is 0 Å². The predicted octanol–water partition coefficient (Wildman–Crippen LogP) is 3.92. The fourth-order valence-electron chi connectivity index (χ4n) is 2.21. The van der Waals surface area contributed by atoms with Crippen molar-refractivity contribution >= 4 is 5.97 Å². The van der Waals surface area contributed by atoms with E-state index in [1.54, 1.807) is 6.08 Å². The summed E-state index contributed by atoms with van der Waals surface area (Å²) in [5.74, 6) is -0.295. The Labute approximate surface area is 145 Å². The number of ether oxygens (including phenoxy) is 3. The van der Waals surface area contributed by atoms with E-state index in [0.29, 0.717) is 13.2 Å².